The third-order valence-corrected chi connectivity index (χ3v) is 4.65. The van der Waals surface area contributed by atoms with Crippen LogP contribution in [0.25, 0.3) is 10.6 Å². The molecule has 1 aromatic heterocycles. The summed E-state index contributed by atoms with van der Waals surface area (Å²) in [6.07, 6.45) is 4.39. The zero-order valence-corrected chi connectivity index (χ0v) is 12.8. The Morgan fingerprint density at radius 2 is 1.95 bits per heavy atom. The first-order valence-corrected chi connectivity index (χ1v) is 8.15. The van der Waals surface area contributed by atoms with Crippen LogP contribution >= 0.6 is 11.3 Å². The fourth-order valence-electron chi connectivity index (χ4n) is 2.28. The van der Waals surface area contributed by atoms with Crippen LogP contribution in [0.5, 0.6) is 0 Å². The molecule has 2 nitrogen and oxygen atoms in total. The van der Waals surface area contributed by atoms with Crippen molar-refractivity contribution in [2.45, 2.75) is 45.2 Å². The molecular formula is C16H18F2N2S. The largest absolute Gasteiger partial charge is 0.309 e. The Kier molecular flexibility index (Phi) is 4.31. The van der Waals surface area contributed by atoms with Crippen molar-refractivity contribution in [3.05, 3.63) is 40.4 Å². The summed E-state index contributed by atoms with van der Waals surface area (Å²) in [7, 11) is 0. The molecule has 1 aliphatic carbocycles. The second kappa shape index (κ2) is 6.20. The highest BCUT2D eigenvalue weighted by atomic mass is 32.1. The molecule has 21 heavy (non-hydrogen) atoms. The Balaban J connectivity index is 1.88. The molecule has 0 radical (unpaired) electrons. The van der Waals surface area contributed by atoms with Crippen LogP contribution in [0.2, 0.25) is 0 Å². The van der Waals surface area contributed by atoms with Crippen LogP contribution in [0.3, 0.4) is 0 Å². The smallest absolute Gasteiger partial charge is 0.126 e. The minimum Gasteiger partial charge on any atom is -0.309 e. The number of hydrogen-bond acceptors (Lipinski definition) is 3. The highest BCUT2D eigenvalue weighted by molar-refractivity contribution is 7.15. The Morgan fingerprint density at radius 1 is 1.24 bits per heavy atom. The van der Waals surface area contributed by atoms with Gasteiger partial charge >= 0.3 is 0 Å². The van der Waals surface area contributed by atoms with Gasteiger partial charge in [-0.3, -0.25) is 0 Å². The number of aryl methyl sites for hydroxylation is 1. The molecule has 2 aromatic rings. The molecule has 112 valence electrons. The van der Waals surface area contributed by atoms with E-state index in [9.17, 15) is 8.78 Å². The summed E-state index contributed by atoms with van der Waals surface area (Å²) in [6, 6.07) is 4.21. The van der Waals surface area contributed by atoms with Gasteiger partial charge in [0.25, 0.3) is 0 Å². The second-order valence-electron chi connectivity index (χ2n) is 5.45. The SMILES string of the molecule is CCCc1nc(-c2cc(F)cc(F)c2)sc1CNC1CC1. The molecule has 1 aliphatic rings. The Labute approximate surface area is 127 Å². The molecule has 1 aromatic carbocycles. The van der Waals surface area contributed by atoms with Crippen LogP contribution < -0.4 is 5.32 Å². The van der Waals surface area contributed by atoms with Gasteiger partial charge in [-0.15, -0.1) is 11.3 Å². The predicted molar refractivity (Wildman–Crippen MR) is 81.3 cm³/mol. The van der Waals surface area contributed by atoms with E-state index in [0.29, 0.717) is 16.6 Å². The normalized spacial score (nSPS) is 14.6. The van der Waals surface area contributed by atoms with Crippen molar-refractivity contribution in [3.8, 4) is 10.6 Å². The van der Waals surface area contributed by atoms with Gasteiger partial charge in [0.1, 0.15) is 16.6 Å². The van der Waals surface area contributed by atoms with Gasteiger partial charge in [0.15, 0.2) is 0 Å². The fraction of sp³-hybridized carbons (Fsp3) is 0.438. The number of aromatic nitrogens is 1. The van der Waals surface area contributed by atoms with E-state index in [2.05, 4.69) is 17.2 Å². The van der Waals surface area contributed by atoms with Crippen LogP contribution in [-0.4, -0.2) is 11.0 Å². The number of halogens is 2. The topological polar surface area (TPSA) is 24.9 Å². The first-order chi connectivity index (χ1) is 10.2. The number of rotatable bonds is 6. The van der Waals surface area contributed by atoms with Crippen molar-refractivity contribution in [2.24, 2.45) is 0 Å². The summed E-state index contributed by atoms with van der Waals surface area (Å²) < 4.78 is 26.7. The summed E-state index contributed by atoms with van der Waals surface area (Å²) in [5.74, 6) is -1.12. The Hall–Kier alpha value is -1.33. The minimum absolute atomic E-state index is 0.521. The van der Waals surface area contributed by atoms with Crippen LogP contribution in [0, 0.1) is 11.6 Å². The van der Waals surface area contributed by atoms with Gasteiger partial charge in [-0.1, -0.05) is 13.3 Å². The lowest BCUT2D eigenvalue weighted by molar-refractivity contribution is 0.584. The molecule has 1 fully saturated rings. The van der Waals surface area contributed by atoms with E-state index in [-0.39, 0.29) is 0 Å². The van der Waals surface area contributed by atoms with E-state index in [1.807, 2.05) is 0 Å². The quantitative estimate of drug-likeness (QED) is 0.861. The first kappa shape index (κ1) is 14.6. The average Bonchev–Trinajstić information content (AvgIpc) is 3.17. The monoisotopic (exact) mass is 308 g/mol. The molecular weight excluding hydrogens is 290 g/mol. The summed E-state index contributed by atoms with van der Waals surface area (Å²) in [5.41, 5.74) is 1.57. The maximum Gasteiger partial charge on any atom is 0.126 e. The standard InChI is InChI=1S/C16H18F2N2S/c1-2-3-14-15(9-19-13-4-5-13)21-16(20-14)10-6-11(17)8-12(18)7-10/h6-8,13,19H,2-5,9H2,1H3. The third-order valence-electron chi connectivity index (χ3n) is 3.50. The summed E-state index contributed by atoms with van der Waals surface area (Å²) in [6.45, 7) is 2.91. The van der Waals surface area contributed by atoms with Crippen LogP contribution in [-0.2, 0) is 13.0 Å². The van der Waals surface area contributed by atoms with Gasteiger partial charge in [0, 0.05) is 29.1 Å². The van der Waals surface area contributed by atoms with Crippen molar-refractivity contribution < 1.29 is 8.78 Å². The lowest BCUT2D eigenvalue weighted by atomic mass is 10.2. The van der Waals surface area contributed by atoms with Crippen LogP contribution in [0.15, 0.2) is 18.2 Å². The zero-order chi connectivity index (χ0) is 14.8. The Bertz CT molecular complexity index is 615. The van der Waals surface area contributed by atoms with E-state index in [0.717, 1.165) is 31.1 Å². The molecule has 0 amide bonds. The molecule has 3 rings (SSSR count). The van der Waals surface area contributed by atoms with E-state index < -0.39 is 11.6 Å². The van der Waals surface area contributed by atoms with Gasteiger partial charge in [-0.05, 0) is 31.4 Å². The highest BCUT2D eigenvalue weighted by Gasteiger charge is 2.21. The molecule has 1 saturated carbocycles. The summed E-state index contributed by atoms with van der Waals surface area (Å²) in [4.78, 5) is 5.78. The number of thiazole rings is 1. The number of nitrogens with one attached hydrogen (secondary N) is 1. The van der Waals surface area contributed by atoms with Crippen LogP contribution in [0.4, 0.5) is 8.78 Å². The molecule has 0 saturated heterocycles. The van der Waals surface area contributed by atoms with Crippen molar-refractivity contribution >= 4 is 11.3 Å². The molecule has 0 aliphatic heterocycles. The lowest BCUT2D eigenvalue weighted by Crippen LogP contribution is -2.15. The molecule has 0 bridgehead atoms. The minimum atomic E-state index is -0.560. The molecule has 1 heterocycles. The Morgan fingerprint density at radius 3 is 2.57 bits per heavy atom. The maximum atomic E-state index is 13.4. The average molecular weight is 308 g/mol. The zero-order valence-electron chi connectivity index (χ0n) is 12.0. The predicted octanol–water partition coefficient (Wildman–Crippen LogP) is 4.29. The third kappa shape index (κ3) is 3.66. The molecule has 0 spiro atoms. The number of nitrogens with zero attached hydrogens (tertiary/aromatic N) is 1. The van der Waals surface area contributed by atoms with Crippen molar-refractivity contribution in [3.63, 3.8) is 0 Å². The van der Waals surface area contributed by atoms with Gasteiger partial charge in [-0.2, -0.15) is 0 Å². The summed E-state index contributed by atoms with van der Waals surface area (Å²) in [5, 5.41) is 4.18. The molecule has 5 heteroatoms. The van der Waals surface area contributed by atoms with E-state index in [4.69, 9.17) is 0 Å². The molecule has 0 atom stereocenters. The van der Waals surface area contributed by atoms with Crippen molar-refractivity contribution in [1.29, 1.82) is 0 Å². The number of hydrogen-bond donors (Lipinski definition) is 1. The van der Waals surface area contributed by atoms with E-state index in [1.165, 1.54) is 41.2 Å². The lowest BCUT2D eigenvalue weighted by Gasteiger charge is -2.01. The fourth-order valence-corrected chi connectivity index (χ4v) is 3.32. The highest BCUT2D eigenvalue weighted by Crippen LogP contribution is 2.30. The van der Waals surface area contributed by atoms with Gasteiger partial charge in [0.2, 0.25) is 0 Å². The number of benzene rings is 1. The van der Waals surface area contributed by atoms with Crippen molar-refractivity contribution in [2.75, 3.05) is 0 Å². The summed E-state index contributed by atoms with van der Waals surface area (Å²) >= 11 is 1.53. The second-order valence-corrected chi connectivity index (χ2v) is 6.54. The van der Waals surface area contributed by atoms with Gasteiger partial charge < -0.3 is 5.32 Å². The first-order valence-electron chi connectivity index (χ1n) is 7.34. The van der Waals surface area contributed by atoms with E-state index in [1.54, 1.807) is 0 Å². The van der Waals surface area contributed by atoms with Gasteiger partial charge in [0.05, 0.1) is 5.69 Å². The molecule has 1 N–H and O–H groups in total. The molecule has 0 unspecified atom stereocenters. The van der Waals surface area contributed by atoms with Gasteiger partial charge in [-0.25, -0.2) is 13.8 Å². The van der Waals surface area contributed by atoms with Crippen LogP contribution in [0.1, 0.15) is 36.8 Å². The van der Waals surface area contributed by atoms with E-state index >= 15 is 0 Å². The maximum absolute atomic E-state index is 13.4. The van der Waals surface area contributed by atoms with Crippen molar-refractivity contribution in [1.82, 2.24) is 10.3 Å².